The molecule has 0 aromatic heterocycles. The van der Waals surface area contributed by atoms with Gasteiger partial charge in [0.1, 0.15) is 0 Å². The SMILES string of the molecule is COC(=O)c1ccc2c(c1)N(Cc1cccc([N+](=O)[O-])c1)C(=O)c1ccccc1S2. The molecule has 0 saturated carbocycles. The third-order valence-corrected chi connectivity index (χ3v) is 5.86. The number of nitro benzene ring substituents is 1. The van der Waals surface area contributed by atoms with Crippen molar-refractivity contribution in [3.05, 3.63) is 93.5 Å². The Hall–Kier alpha value is -3.65. The van der Waals surface area contributed by atoms with Crippen LogP contribution < -0.4 is 4.90 Å². The molecular weight excluding hydrogens is 404 g/mol. The summed E-state index contributed by atoms with van der Waals surface area (Å²) in [5, 5.41) is 11.1. The van der Waals surface area contributed by atoms with Gasteiger partial charge in [-0.1, -0.05) is 36.0 Å². The third-order valence-electron chi connectivity index (χ3n) is 4.72. The van der Waals surface area contributed by atoms with Gasteiger partial charge >= 0.3 is 5.97 Å². The topological polar surface area (TPSA) is 89.8 Å². The van der Waals surface area contributed by atoms with E-state index in [0.717, 1.165) is 9.79 Å². The highest BCUT2D eigenvalue weighted by Crippen LogP contribution is 2.42. The van der Waals surface area contributed by atoms with E-state index < -0.39 is 10.9 Å². The molecule has 150 valence electrons. The largest absolute Gasteiger partial charge is 0.465 e. The monoisotopic (exact) mass is 420 g/mol. The van der Waals surface area contributed by atoms with Crippen LogP contribution in [0.1, 0.15) is 26.3 Å². The summed E-state index contributed by atoms with van der Waals surface area (Å²) >= 11 is 1.43. The number of rotatable bonds is 4. The van der Waals surface area contributed by atoms with Gasteiger partial charge in [0, 0.05) is 21.9 Å². The molecule has 3 aromatic rings. The van der Waals surface area contributed by atoms with Crippen LogP contribution in [0.4, 0.5) is 11.4 Å². The van der Waals surface area contributed by atoms with Crippen molar-refractivity contribution < 1.29 is 19.2 Å². The van der Waals surface area contributed by atoms with E-state index in [1.165, 1.54) is 31.0 Å². The zero-order valence-corrected chi connectivity index (χ0v) is 16.7. The van der Waals surface area contributed by atoms with Crippen LogP contribution in [0.5, 0.6) is 0 Å². The Kier molecular flexibility index (Phi) is 5.24. The van der Waals surface area contributed by atoms with Crippen LogP contribution in [0.2, 0.25) is 0 Å². The highest BCUT2D eigenvalue weighted by atomic mass is 32.2. The molecule has 8 heteroatoms. The molecule has 0 atom stereocenters. The molecule has 0 bridgehead atoms. The average Bonchev–Trinajstić information content (AvgIpc) is 2.88. The number of methoxy groups -OCH3 is 1. The number of benzene rings is 3. The molecule has 1 aliphatic heterocycles. The third kappa shape index (κ3) is 3.65. The van der Waals surface area contributed by atoms with Gasteiger partial charge in [-0.2, -0.15) is 0 Å². The Morgan fingerprint density at radius 2 is 1.87 bits per heavy atom. The number of anilines is 1. The summed E-state index contributed by atoms with van der Waals surface area (Å²) in [7, 11) is 1.30. The first-order valence-electron chi connectivity index (χ1n) is 9.02. The first-order valence-corrected chi connectivity index (χ1v) is 9.84. The maximum atomic E-state index is 13.4. The maximum Gasteiger partial charge on any atom is 0.337 e. The van der Waals surface area contributed by atoms with Gasteiger partial charge in [-0.3, -0.25) is 14.9 Å². The van der Waals surface area contributed by atoms with Crippen LogP contribution in [-0.4, -0.2) is 23.9 Å². The van der Waals surface area contributed by atoms with E-state index in [4.69, 9.17) is 4.74 Å². The molecule has 0 unspecified atom stereocenters. The number of carbonyl (C=O) groups is 2. The minimum atomic E-state index is -0.507. The van der Waals surface area contributed by atoms with Gasteiger partial charge in [0.25, 0.3) is 11.6 Å². The summed E-state index contributed by atoms with van der Waals surface area (Å²) in [6.07, 6.45) is 0. The van der Waals surface area contributed by atoms with E-state index in [-0.39, 0.29) is 18.1 Å². The number of hydrogen-bond donors (Lipinski definition) is 0. The second kappa shape index (κ2) is 8.00. The number of nitro groups is 1. The summed E-state index contributed by atoms with van der Waals surface area (Å²) in [5.41, 5.74) is 1.96. The minimum absolute atomic E-state index is 0.0481. The summed E-state index contributed by atoms with van der Waals surface area (Å²) in [4.78, 5) is 39.3. The van der Waals surface area contributed by atoms with Crippen molar-refractivity contribution in [1.82, 2.24) is 0 Å². The van der Waals surface area contributed by atoms with Crippen molar-refractivity contribution in [3.8, 4) is 0 Å². The Morgan fingerprint density at radius 1 is 1.07 bits per heavy atom. The van der Waals surface area contributed by atoms with Gasteiger partial charge in [0.15, 0.2) is 0 Å². The highest BCUT2D eigenvalue weighted by molar-refractivity contribution is 7.99. The van der Waals surface area contributed by atoms with Gasteiger partial charge < -0.3 is 9.64 Å². The van der Waals surface area contributed by atoms with Gasteiger partial charge in [-0.15, -0.1) is 0 Å². The lowest BCUT2D eigenvalue weighted by Crippen LogP contribution is -2.30. The standard InChI is InChI=1S/C22H16N2O5S/c1-29-22(26)15-9-10-20-18(12-15)23(13-14-5-4-6-16(11-14)24(27)28)21(25)17-7-2-3-8-19(17)30-20/h2-12H,13H2,1H3. The molecule has 30 heavy (non-hydrogen) atoms. The van der Waals surface area contributed by atoms with E-state index in [0.29, 0.717) is 22.4 Å². The number of non-ortho nitro benzene ring substituents is 1. The number of carbonyl (C=O) groups excluding carboxylic acids is 2. The van der Waals surface area contributed by atoms with Crippen molar-refractivity contribution >= 4 is 35.0 Å². The van der Waals surface area contributed by atoms with Gasteiger partial charge in [0.2, 0.25) is 0 Å². The van der Waals surface area contributed by atoms with Crippen molar-refractivity contribution in [2.75, 3.05) is 12.0 Å². The van der Waals surface area contributed by atoms with Gasteiger partial charge in [-0.25, -0.2) is 4.79 Å². The van der Waals surface area contributed by atoms with Crippen LogP contribution in [0.15, 0.2) is 76.5 Å². The fraction of sp³-hybridized carbons (Fsp3) is 0.0909. The summed E-state index contributed by atoms with van der Waals surface area (Å²) in [6.45, 7) is 0.118. The number of hydrogen-bond acceptors (Lipinski definition) is 6. The lowest BCUT2D eigenvalue weighted by atomic mass is 10.1. The zero-order chi connectivity index (χ0) is 21.3. The fourth-order valence-electron chi connectivity index (χ4n) is 3.27. The molecule has 4 rings (SSSR count). The van der Waals surface area contributed by atoms with E-state index in [1.54, 1.807) is 47.4 Å². The van der Waals surface area contributed by atoms with Crippen LogP contribution >= 0.6 is 11.8 Å². The smallest absolute Gasteiger partial charge is 0.337 e. The van der Waals surface area contributed by atoms with E-state index in [2.05, 4.69) is 0 Å². The predicted molar refractivity (Wildman–Crippen MR) is 112 cm³/mol. The quantitative estimate of drug-likeness (QED) is 0.345. The van der Waals surface area contributed by atoms with E-state index in [9.17, 15) is 19.7 Å². The van der Waals surface area contributed by atoms with E-state index in [1.807, 2.05) is 12.1 Å². The van der Waals surface area contributed by atoms with Crippen LogP contribution in [-0.2, 0) is 11.3 Å². The van der Waals surface area contributed by atoms with Gasteiger partial charge in [-0.05, 0) is 35.9 Å². The van der Waals surface area contributed by atoms with Crippen LogP contribution in [0.25, 0.3) is 0 Å². The summed E-state index contributed by atoms with van der Waals surface area (Å²) in [5.74, 6) is -0.752. The molecule has 0 aliphatic carbocycles. The maximum absolute atomic E-state index is 13.4. The number of amides is 1. The lowest BCUT2D eigenvalue weighted by Gasteiger charge is -2.23. The second-order valence-electron chi connectivity index (χ2n) is 6.59. The molecule has 0 fully saturated rings. The number of nitrogens with zero attached hydrogens (tertiary/aromatic N) is 2. The molecule has 0 radical (unpaired) electrons. The van der Waals surface area contributed by atoms with E-state index >= 15 is 0 Å². The Balaban J connectivity index is 1.84. The number of ether oxygens (including phenoxy) is 1. The van der Waals surface area contributed by atoms with Crippen LogP contribution in [0.3, 0.4) is 0 Å². The van der Waals surface area contributed by atoms with Crippen molar-refractivity contribution in [2.45, 2.75) is 16.3 Å². The molecular formula is C22H16N2O5S. The van der Waals surface area contributed by atoms with Crippen molar-refractivity contribution in [2.24, 2.45) is 0 Å². The highest BCUT2D eigenvalue weighted by Gasteiger charge is 2.28. The molecule has 1 heterocycles. The van der Waals surface area contributed by atoms with Gasteiger partial charge in [0.05, 0.1) is 35.4 Å². The summed E-state index contributed by atoms with van der Waals surface area (Å²) in [6, 6.07) is 18.5. The zero-order valence-electron chi connectivity index (χ0n) is 15.9. The Labute approximate surface area is 176 Å². The summed E-state index contributed by atoms with van der Waals surface area (Å²) < 4.78 is 4.82. The minimum Gasteiger partial charge on any atom is -0.465 e. The fourth-order valence-corrected chi connectivity index (χ4v) is 4.33. The van der Waals surface area contributed by atoms with Crippen molar-refractivity contribution in [1.29, 1.82) is 0 Å². The molecule has 0 saturated heterocycles. The second-order valence-corrected chi connectivity index (χ2v) is 7.67. The lowest BCUT2D eigenvalue weighted by molar-refractivity contribution is -0.384. The first-order chi connectivity index (χ1) is 14.5. The predicted octanol–water partition coefficient (Wildman–Crippen LogP) is 4.69. The molecule has 1 aliphatic rings. The molecule has 7 nitrogen and oxygen atoms in total. The number of esters is 1. The molecule has 0 N–H and O–H groups in total. The number of fused-ring (bicyclic) bond motifs is 2. The molecule has 1 amide bonds. The first kappa shape index (κ1) is 19.7. The van der Waals surface area contributed by atoms with Crippen LogP contribution in [0, 0.1) is 10.1 Å². The Morgan fingerprint density at radius 3 is 2.63 bits per heavy atom. The van der Waals surface area contributed by atoms with Crippen molar-refractivity contribution in [3.63, 3.8) is 0 Å². The molecule has 0 spiro atoms. The average molecular weight is 420 g/mol. The Bertz CT molecular complexity index is 1180. The normalized spacial score (nSPS) is 12.6. The molecule has 3 aromatic carbocycles.